The highest BCUT2D eigenvalue weighted by Crippen LogP contribution is 2.01. The molecule has 0 radical (unpaired) electrons. The minimum absolute atomic E-state index is 0.112. The number of hydrogen-bond donors (Lipinski definition) is 2. The highest BCUT2D eigenvalue weighted by molar-refractivity contribution is 5.98. The molecule has 7 heteroatoms. The fourth-order valence-corrected chi connectivity index (χ4v) is 1.51. The summed E-state index contributed by atoms with van der Waals surface area (Å²) >= 11 is 0. The van der Waals surface area contributed by atoms with E-state index >= 15 is 0 Å². The van der Waals surface area contributed by atoms with Gasteiger partial charge in [0.1, 0.15) is 18.8 Å². The summed E-state index contributed by atoms with van der Waals surface area (Å²) in [6, 6.07) is 9.12. The Balaban J connectivity index is 2.52. The summed E-state index contributed by atoms with van der Waals surface area (Å²) < 4.78 is 5.02. The van der Waals surface area contributed by atoms with Crippen LogP contribution in [0, 0.1) is 0 Å². The number of ether oxygens (including phenoxy) is 1. The molecule has 0 bridgehead atoms. The SMILES string of the molecule is CN(C)C(=O)/C(=C/C(=O)O)NCC(=O)OCc1ccccc1. The lowest BCUT2D eigenvalue weighted by atomic mass is 10.2. The second-order valence-electron chi connectivity index (χ2n) is 4.60. The summed E-state index contributed by atoms with van der Waals surface area (Å²) in [4.78, 5) is 35.3. The van der Waals surface area contributed by atoms with E-state index in [1.54, 1.807) is 0 Å². The summed E-state index contributed by atoms with van der Waals surface area (Å²) in [7, 11) is 2.96. The van der Waals surface area contributed by atoms with Crippen molar-refractivity contribution >= 4 is 17.8 Å². The first-order valence-corrected chi connectivity index (χ1v) is 6.50. The average Bonchev–Trinajstić information content (AvgIpc) is 2.49. The molecule has 0 aromatic heterocycles. The molecule has 0 aliphatic rings. The number of carbonyl (C=O) groups excluding carboxylic acids is 2. The zero-order chi connectivity index (χ0) is 16.5. The first-order chi connectivity index (χ1) is 10.4. The molecule has 0 heterocycles. The van der Waals surface area contributed by atoms with E-state index in [1.165, 1.54) is 19.0 Å². The van der Waals surface area contributed by atoms with Gasteiger partial charge >= 0.3 is 11.9 Å². The van der Waals surface area contributed by atoms with Crippen molar-refractivity contribution in [3.8, 4) is 0 Å². The maximum Gasteiger partial charge on any atom is 0.330 e. The van der Waals surface area contributed by atoms with E-state index in [4.69, 9.17) is 9.84 Å². The molecule has 1 amide bonds. The second kappa shape index (κ2) is 8.46. The molecule has 0 atom stereocenters. The molecule has 1 aromatic carbocycles. The lowest BCUT2D eigenvalue weighted by molar-refractivity contribution is -0.143. The summed E-state index contributed by atoms with van der Waals surface area (Å²) in [6.45, 7) is -0.188. The van der Waals surface area contributed by atoms with Crippen LogP contribution in [0.25, 0.3) is 0 Å². The fourth-order valence-electron chi connectivity index (χ4n) is 1.51. The van der Waals surface area contributed by atoms with Crippen LogP contribution in [-0.4, -0.2) is 48.5 Å². The number of likely N-dealkylation sites (N-methyl/N-ethyl adjacent to an activating group) is 1. The number of carbonyl (C=O) groups is 3. The van der Waals surface area contributed by atoms with Gasteiger partial charge in [-0.1, -0.05) is 30.3 Å². The van der Waals surface area contributed by atoms with Gasteiger partial charge in [0.15, 0.2) is 0 Å². The monoisotopic (exact) mass is 306 g/mol. The van der Waals surface area contributed by atoms with Gasteiger partial charge in [-0.25, -0.2) is 4.79 Å². The summed E-state index contributed by atoms with van der Waals surface area (Å²) in [6.07, 6.45) is 0.715. The summed E-state index contributed by atoms with van der Waals surface area (Å²) in [5, 5.41) is 11.2. The molecular weight excluding hydrogens is 288 g/mol. The van der Waals surface area contributed by atoms with Crippen molar-refractivity contribution < 1.29 is 24.2 Å². The van der Waals surface area contributed by atoms with Crippen LogP contribution in [-0.2, 0) is 25.7 Å². The van der Waals surface area contributed by atoms with Crippen LogP contribution in [0.2, 0.25) is 0 Å². The number of rotatable bonds is 7. The van der Waals surface area contributed by atoms with E-state index in [9.17, 15) is 14.4 Å². The molecule has 1 aromatic rings. The molecular formula is C15H18N2O5. The first kappa shape index (κ1) is 17.2. The van der Waals surface area contributed by atoms with Crippen LogP contribution < -0.4 is 5.32 Å². The number of carboxylic acid groups (broad SMARTS) is 1. The van der Waals surface area contributed by atoms with Crippen LogP contribution >= 0.6 is 0 Å². The van der Waals surface area contributed by atoms with E-state index in [0.29, 0.717) is 6.08 Å². The lowest BCUT2D eigenvalue weighted by Crippen LogP contribution is -2.34. The van der Waals surface area contributed by atoms with Gasteiger partial charge in [0, 0.05) is 14.1 Å². The molecule has 0 fully saturated rings. The zero-order valence-electron chi connectivity index (χ0n) is 12.4. The van der Waals surface area contributed by atoms with Crippen molar-refractivity contribution in [3.05, 3.63) is 47.7 Å². The third-order valence-electron chi connectivity index (χ3n) is 2.57. The third kappa shape index (κ3) is 6.08. The minimum Gasteiger partial charge on any atom is -0.478 e. The van der Waals surface area contributed by atoms with Gasteiger partial charge in [0.2, 0.25) is 0 Å². The predicted molar refractivity (Wildman–Crippen MR) is 78.7 cm³/mol. The predicted octanol–water partition coefficient (Wildman–Crippen LogP) is 0.376. The topological polar surface area (TPSA) is 95.9 Å². The van der Waals surface area contributed by atoms with Gasteiger partial charge in [-0.05, 0) is 5.56 Å². The fraction of sp³-hybridized carbons (Fsp3) is 0.267. The van der Waals surface area contributed by atoms with Crippen molar-refractivity contribution in [1.29, 1.82) is 0 Å². The molecule has 0 aliphatic heterocycles. The quantitative estimate of drug-likeness (QED) is 0.558. The van der Waals surface area contributed by atoms with Gasteiger partial charge in [0.25, 0.3) is 5.91 Å². The third-order valence-corrected chi connectivity index (χ3v) is 2.57. The standard InChI is InChI=1S/C15H18N2O5/c1-17(2)15(21)12(8-13(18)19)16-9-14(20)22-10-11-6-4-3-5-7-11/h3-8,16H,9-10H2,1-2H3,(H,18,19)/b12-8-. The number of amides is 1. The van der Waals surface area contributed by atoms with Crippen molar-refractivity contribution in [2.24, 2.45) is 0 Å². The van der Waals surface area contributed by atoms with Crippen LogP contribution in [0.3, 0.4) is 0 Å². The first-order valence-electron chi connectivity index (χ1n) is 6.50. The second-order valence-corrected chi connectivity index (χ2v) is 4.60. The van der Waals surface area contributed by atoms with Crippen LogP contribution in [0.5, 0.6) is 0 Å². The number of nitrogens with one attached hydrogen (secondary N) is 1. The lowest BCUT2D eigenvalue weighted by Gasteiger charge is -2.14. The molecule has 0 saturated heterocycles. The Kier molecular flexibility index (Phi) is 6.62. The number of esters is 1. The Morgan fingerprint density at radius 2 is 1.86 bits per heavy atom. The molecule has 0 aliphatic carbocycles. The zero-order valence-corrected chi connectivity index (χ0v) is 12.4. The molecule has 7 nitrogen and oxygen atoms in total. The normalized spacial score (nSPS) is 10.7. The van der Waals surface area contributed by atoms with E-state index in [1.807, 2.05) is 30.3 Å². The van der Waals surface area contributed by atoms with Gasteiger partial charge in [0.05, 0.1) is 6.08 Å². The Morgan fingerprint density at radius 1 is 1.23 bits per heavy atom. The highest BCUT2D eigenvalue weighted by Gasteiger charge is 2.15. The van der Waals surface area contributed by atoms with E-state index in [-0.39, 0.29) is 18.8 Å². The van der Waals surface area contributed by atoms with Crippen molar-refractivity contribution in [2.75, 3.05) is 20.6 Å². The van der Waals surface area contributed by atoms with Crippen LogP contribution in [0.15, 0.2) is 42.1 Å². The number of nitrogens with zero attached hydrogens (tertiary/aromatic N) is 1. The van der Waals surface area contributed by atoms with Crippen molar-refractivity contribution in [1.82, 2.24) is 10.2 Å². The van der Waals surface area contributed by atoms with Crippen LogP contribution in [0.4, 0.5) is 0 Å². The molecule has 0 spiro atoms. The average molecular weight is 306 g/mol. The van der Waals surface area contributed by atoms with Gasteiger partial charge < -0.3 is 20.1 Å². The van der Waals surface area contributed by atoms with Crippen molar-refractivity contribution in [3.63, 3.8) is 0 Å². The smallest absolute Gasteiger partial charge is 0.330 e. The molecule has 1 rings (SSSR count). The molecule has 0 saturated carbocycles. The number of aliphatic carboxylic acids is 1. The van der Waals surface area contributed by atoms with Gasteiger partial charge in [-0.3, -0.25) is 9.59 Å². The highest BCUT2D eigenvalue weighted by atomic mass is 16.5. The number of benzene rings is 1. The number of hydrogen-bond acceptors (Lipinski definition) is 5. The Labute approximate surface area is 128 Å². The largest absolute Gasteiger partial charge is 0.478 e. The Bertz CT molecular complexity index is 567. The Hall–Kier alpha value is -2.83. The van der Waals surface area contributed by atoms with Crippen molar-refractivity contribution in [2.45, 2.75) is 6.61 Å². The van der Waals surface area contributed by atoms with E-state index < -0.39 is 17.8 Å². The maximum atomic E-state index is 11.8. The maximum absolute atomic E-state index is 11.8. The summed E-state index contributed by atoms with van der Waals surface area (Å²) in [5.74, 6) is -2.42. The number of carboxylic acids is 1. The van der Waals surface area contributed by atoms with Gasteiger partial charge in [-0.15, -0.1) is 0 Å². The Morgan fingerprint density at radius 3 is 2.41 bits per heavy atom. The van der Waals surface area contributed by atoms with E-state index in [2.05, 4.69) is 5.32 Å². The van der Waals surface area contributed by atoms with Gasteiger partial charge in [-0.2, -0.15) is 0 Å². The molecule has 22 heavy (non-hydrogen) atoms. The molecule has 2 N–H and O–H groups in total. The molecule has 0 unspecified atom stereocenters. The van der Waals surface area contributed by atoms with E-state index in [0.717, 1.165) is 5.56 Å². The minimum atomic E-state index is -1.28. The van der Waals surface area contributed by atoms with Crippen LogP contribution in [0.1, 0.15) is 5.56 Å². The summed E-state index contributed by atoms with van der Waals surface area (Å²) in [5.41, 5.74) is 0.649. The molecule has 118 valence electrons.